The number of hydrogen-bond acceptors (Lipinski definition) is 4. The Hall–Kier alpha value is -3.74. The lowest BCUT2D eigenvalue weighted by Gasteiger charge is -2.17. The minimum atomic E-state index is -0.374. The van der Waals surface area contributed by atoms with E-state index < -0.39 is 0 Å². The average molecular weight is 387 g/mol. The summed E-state index contributed by atoms with van der Waals surface area (Å²) in [7, 11) is 1.68. The maximum atomic E-state index is 13.0. The van der Waals surface area contributed by atoms with Gasteiger partial charge in [-0.05, 0) is 38.1 Å². The molecule has 7 nitrogen and oxygen atoms in total. The Kier molecular flexibility index (Phi) is 4.72. The molecular weight excluding hydrogens is 366 g/mol. The molecule has 0 radical (unpaired) electrons. The first-order chi connectivity index (χ1) is 14.0. The van der Waals surface area contributed by atoms with E-state index in [2.05, 4.69) is 10.1 Å². The molecule has 4 rings (SSSR count). The van der Waals surface area contributed by atoms with Crippen molar-refractivity contribution in [2.45, 2.75) is 20.4 Å². The molecule has 0 atom stereocenters. The van der Waals surface area contributed by atoms with Crippen molar-refractivity contribution in [2.75, 3.05) is 7.05 Å². The van der Waals surface area contributed by atoms with Crippen molar-refractivity contribution < 1.29 is 4.79 Å². The summed E-state index contributed by atoms with van der Waals surface area (Å²) in [6.45, 7) is 4.25. The zero-order valence-corrected chi connectivity index (χ0v) is 16.5. The van der Waals surface area contributed by atoms with Gasteiger partial charge in [0.2, 0.25) is 0 Å². The predicted octanol–water partition coefficient (Wildman–Crippen LogP) is 2.77. The van der Waals surface area contributed by atoms with Crippen LogP contribution in [0.3, 0.4) is 0 Å². The molecule has 0 aliphatic heterocycles. The predicted molar refractivity (Wildman–Crippen MR) is 110 cm³/mol. The molecule has 7 heteroatoms. The quantitative estimate of drug-likeness (QED) is 0.540. The lowest BCUT2D eigenvalue weighted by Crippen LogP contribution is -2.33. The number of rotatable bonds is 4. The van der Waals surface area contributed by atoms with Crippen LogP contribution in [0.15, 0.2) is 65.7 Å². The highest BCUT2D eigenvalue weighted by atomic mass is 16.2. The monoisotopic (exact) mass is 387 g/mol. The first-order valence-corrected chi connectivity index (χ1v) is 9.29. The van der Waals surface area contributed by atoms with Gasteiger partial charge in [0.15, 0.2) is 0 Å². The zero-order chi connectivity index (χ0) is 20.5. The summed E-state index contributed by atoms with van der Waals surface area (Å²) in [5.74, 6) is -0.369. The van der Waals surface area contributed by atoms with Crippen LogP contribution >= 0.6 is 0 Å². The second-order valence-electron chi connectivity index (χ2n) is 6.96. The molecule has 0 bridgehead atoms. The SMILES string of the molecule is Cc1nn(-c2ccccc2)c(C)c1CN(C)C(=O)c1cnc2ccccn2c1=O. The van der Waals surface area contributed by atoms with E-state index in [4.69, 9.17) is 0 Å². The third-order valence-corrected chi connectivity index (χ3v) is 5.03. The van der Waals surface area contributed by atoms with E-state index in [0.29, 0.717) is 12.2 Å². The third kappa shape index (κ3) is 3.31. The van der Waals surface area contributed by atoms with Gasteiger partial charge in [0.25, 0.3) is 11.5 Å². The molecule has 1 aromatic carbocycles. The second kappa shape index (κ2) is 7.35. The van der Waals surface area contributed by atoms with Crippen LogP contribution in [0.4, 0.5) is 0 Å². The smallest absolute Gasteiger partial charge is 0.270 e. The summed E-state index contributed by atoms with van der Waals surface area (Å²) in [6, 6.07) is 15.1. The van der Waals surface area contributed by atoms with Crippen molar-refractivity contribution in [3.63, 3.8) is 0 Å². The fourth-order valence-electron chi connectivity index (χ4n) is 3.41. The number of pyridine rings is 1. The van der Waals surface area contributed by atoms with Crippen LogP contribution in [0.5, 0.6) is 0 Å². The van der Waals surface area contributed by atoms with Crippen molar-refractivity contribution in [3.05, 3.63) is 93.8 Å². The number of hydrogen-bond donors (Lipinski definition) is 0. The number of aryl methyl sites for hydroxylation is 1. The average Bonchev–Trinajstić information content (AvgIpc) is 3.02. The van der Waals surface area contributed by atoms with E-state index in [9.17, 15) is 9.59 Å². The highest BCUT2D eigenvalue weighted by molar-refractivity contribution is 5.93. The van der Waals surface area contributed by atoms with Crippen LogP contribution in [-0.4, -0.2) is 37.0 Å². The van der Waals surface area contributed by atoms with Crippen molar-refractivity contribution >= 4 is 11.6 Å². The van der Waals surface area contributed by atoms with Gasteiger partial charge in [-0.2, -0.15) is 5.10 Å². The Balaban J connectivity index is 1.64. The maximum Gasteiger partial charge on any atom is 0.270 e. The molecule has 3 aromatic heterocycles. The molecule has 1 amide bonds. The van der Waals surface area contributed by atoms with E-state index in [-0.39, 0.29) is 17.0 Å². The summed E-state index contributed by atoms with van der Waals surface area (Å²) in [5.41, 5.74) is 3.90. The molecule has 0 aliphatic carbocycles. The van der Waals surface area contributed by atoms with Crippen LogP contribution in [0.25, 0.3) is 11.3 Å². The highest BCUT2D eigenvalue weighted by Crippen LogP contribution is 2.19. The minimum Gasteiger partial charge on any atom is -0.337 e. The van der Waals surface area contributed by atoms with E-state index in [1.807, 2.05) is 48.9 Å². The molecule has 0 saturated carbocycles. The largest absolute Gasteiger partial charge is 0.337 e. The number of nitrogens with zero attached hydrogens (tertiary/aromatic N) is 5. The third-order valence-electron chi connectivity index (χ3n) is 5.03. The van der Waals surface area contributed by atoms with Gasteiger partial charge in [0.05, 0.1) is 11.4 Å². The summed E-state index contributed by atoms with van der Waals surface area (Å²) in [6.07, 6.45) is 2.96. The van der Waals surface area contributed by atoms with Gasteiger partial charge in [-0.3, -0.25) is 14.0 Å². The summed E-state index contributed by atoms with van der Waals surface area (Å²) in [5, 5.41) is 4.62. The van der Waals surface area contributed by atoms with Crippen LogP contribution < -0.4 is 5.56 Å². The molecule has 4 aromatic rings. The fourth-order valence-corrected chi connectivity index (χ4v) is 3.41. The Morgan fingerprint density at radius 1 is 1.07 bits per heavy atom. The Bertz CT molecular complexity index is 1260. The van der Waals surface area contributed by atoms with Gasteiger partial charge in [0, 0.05) is 37.2 Å². The van der Waals surface area contributed by atoms with Gasteiger partial charge < -0.3 is 4.90 Å². The minimum absolute atomic E-state index is 0.0435. The lowest BCUT2D eigenvalue weighted by atomic mass is 10.1. The first kappa shape index (κ1) is 18.6. The standard InChI is InChI=1S/C22H21N5O2/c1-15-19(16(2)27(24-15)17-9-5-4-6-10-17)14-25(3)21(28)18-13-23-20-11-7-8-12-26(20)22(18)29/h4-13H,14H2,1-3H3. The molecule has 0 fully saturated rings. The molecule has 0 saturated heterocycles. The van der Waals surface area contributed by atoms with Gasteiger partial charge in [-0.25, -0.2) is 9.67 Å². The molecule has 0 spiro atoms. The maximum absolute atomic E-state index is 13.0. The van der Waals surface area contributed by atoms with E-state index in [1.54, 1.807) is 31.4 Å². The first-order valence-electron chi connectivity index (χ1n) is 9.29. The highest BCUT2D eigenvalue weighted by Gasteiger charge is 2.21. The number of amides is 1. The van der Waals surface area contributed by atoms with Gasteiger partial charge >= 0.3 is 0 Å². The fraction of sp³-hybridized carbons (Fsp3) is 0.182. The van der Waals surface area contributed by atoms with Crippen molar-refractivity contribution in [2.24, 2.45) is 0 Å². The van der Waals surface area contributed by atoms with Crippen LogP contribution in [0.2, 0.25) is 0 Å². The summed E-state index contributed by atoms with van der Waals surface area (Å²) >= 11 is 0. The Morgan fingerprint density at radius 2 is 1.79 bits per heavy atom. The van der Waals surface area contributed by atoms with Gasteiger partial charge in [-0.15, -0.1) is 0 Å². The molecule has 3 heterocycles. The summed E-state index contributed by atoms with van der Waals surface area (Å²) < 4.78 is 3.25. The number of carbonyl (C=O) groups excluding carboxylic acids is 1. The van der Waals surface area contributed by atoms with Gasteiger partial charge in [0.1, 0.15) is 11.2 Å². The number of fused-ring (bicyclic) bond motifs is 1. The van der Waals surface area contributed by atoms with Crippen LogP contribution in [-0.2, 0) is 6.54 Å². The normalized spacial score (nSPS) is 11.0. The molecule has 0 aliphatic rings. The second-order valence-corrected chi connectivity index (χ2v) is 6.96. The molecule has 0 unspecified atom stereocenters. The van der Waals surface area contributed by atoms with Crippen molar-refractivity contribution in [1.82, 2.24) is 24.1 Å². The molecular formula is C22H21N5O2. The zero-order valence-electron chi connectivity index (χ0n) is 16.5. The number of benzene rings is 1. The lowest BCUT2D eigenvalue weighted by molar-refractivity contribution is 0.0782. The van der Waals surface area contributed by atoms with Crippen molar-refractivity contribution in [3.8, 4) is 5.69 Å². The van der Waals surface area contributed by atoms with Crippen molar-refractivity contribution in [1.29, 1.82) is 0 Å². The van der Waals surface area contributed by atoms with E-state index in [1.165, 1.54) is 15.5 Å². The molecule has 146 valence electrons. The molecule has 0 N–H and O–H groups in total. The topological polar surface area (TPSA) is 72.5 Å². The van der Waals surface area contributed by atoms with E-state index >= 15 is 0 Å². The Morgan fingerprint density at radius 3 is 2.55 bits per heavy atom. The number of para-hydroxylation sites is 1. The number of carbonyl (C=O) groups is 1. The van der Waals surface area contributed by atoms with Crippen LogP contribution in [0.1, 0.15) is 27.3 Å². The Labute approximate surface area is 167 Å². The van der Waals surface area contributed by atoms with E-state index in [0.717, 1.165) is 22.6 Å². The molecule has 29 heavy (non-hydrogen) atoms. The number of aromatic nitrogens is 4. The van der Waals surface area contributed by atoms with Gasteiger partial charge in [-0.1, -0.05) is 24.3 Å². The van der Waals surface area contributed by atoms with Crippen LogP contribution in [0, 0.1) is 13.8 Å². The summed E-state index contributed by atoms with van der Waals surface area (Å²) in [4.78, 5) is 31.4.